The lowest BCUT2D eigenvalue weighted by Gasteiger charge is -2.26. The Morgan fingerprint density at radius 1 is 0.368 bits per heavy atom. The fourth-order valence-corrected chi connectivity index (χ4v) is 18.3. The van der Waals surface area contributed by atoms with Crippen molar-refractivity contribution in [2.45, 2.75) is 225 Å². The summed E-state index contributed by atoms with van der Waals surface area (Å²) in [6, 6.07) is 50.4. The highest BCUT2D eigenvalue weighted by Gasteiger charge is 2.54. The second-order valence-corrected chi connectivity index (χ2v) is 33.1. The van der Waals surface area contributed by atoms with E-state index in [0.29, 0.717) is 60.1 Å². The van der Waals surface area contributed by atoms with Crippen molar-refractivity contribution in [2.75, 3.05) is 0 Å². The fourth-order valence-electron chi connectivity index (χ4n) is 18.3. The number of aryl methyl sites for hydroxylation is 13. The van der Waals surface area contributed by atoms with E-state index in [0.717, 1.165) is 90.3 Å². The van der Waals surface area contributed by atoms with Crippen LogP contribution in [-0.2, 0) is 35.2 Å². The lowest BCUT2D eigenvalue weighted by Crippen LogP contribution is -2.33. The summed E-state index contributed by atoms with van der Waals surface area (Å²) >= 11 is 0. The van der Waals surface area contributed by atoms with Gasteiger partial charge in [0.05, 0.1) is 0 Å². The first-order valence-corrected chi connectivity index (χ1v) is 39.0. The Morgan fingerprint density at radius 2 is 0.764 bits per heavy atom. The number of fused-ring (bicyclic) bond motifs is 10. The van der Waals surface area contributed by atoms with Crippen molar-refractivity contribution in [1.82, 2.24) is 0 Å². The quantitative estimate of drug-likeness (QED) is 0.0967. The summed E-state index contributed by atoms with van der Waals surface area (Å²) in [4.78, 5) is 0. The highest BCUT2D eigenvalue weighted by molar-refractivity contribution is 5.71. The molecule has 5 aromatic carbocycles. The summed E-state index contributed by atoms with van der Waals surface area (Å²) in [5, 5.41) is 0. The Labute approximate surface area is 664 Å². The van der Waals surface area contributed by atoms with E-state index in [2.05, 4.69) is 218 Å². The van der Waals surface area contributed by atoms with E-state index in [1.807, 2.05) is 117 Å². The van der Waals surface area contributed by atoms with Crippen LogP contribution < -0.4 is 22.8 Å². The van der Waals surface area contributed by atoms with Crippen LogP contribution in [0.4, 0.5) is 0 Å². The van der Waals surface area contributed by atoms with Gasteiger partial charge in [0.1, 0.15) is 35.2 Å². The molecular weight excluding hydrogens is 1280 g/mol. The van der Waals surface area contributed by atoms with Crippen LogP contribution >= 0.6 is 0 Å². The van der Waals surface area contributed by atoms with Gasteiger partial charge in [-0.2, -0.15) is 0 Å². The predicted molar refractivity (Wildman–Crippen MR) is 448 cm³/mol. The van der Waals surface area contributed by atoms with Gasteiger partial charge in [-0.15, -0.1) is 0 Å². The molecule has 2 saturated carbocycles. The van der Waals surface area contributed by atoms with Crippen LogP contribution in [0.2, 0.25) is 0 Å². The van der Waals surface area contributed by atoms with Crippen molar-refractivity contribution >= 4 is 0 Å². The fraction of sp³-hybridized carbons (Fsp3) is 0.455. The molecule has 0 saturated heterocycles. The number of aromatic nitrogens is 5. The van der Waals surface area contributed by atoms with E-state index in [1.165, 1.54) is 39.2 Å². The minimum atomic E-state index is -2.13. The average Bonchev–Trinajstić information content (AvgIpc) is 1.50. The number of benzene rings is 5. The molecule has 2 fully saturated rings. The van der Waals surface area contributed by atoms with Gasteiger partial charge in [-0.3, -0.25) is 0 Å². The number of rotatable bonds is 14. The predicted octanol–water partition coefficient (Wildman–Crippen LogP) is 23.9. The smallest absolute Gasteiger partial charge is 0.201 e. The van der Waals surface area contributed by atoms with Gasteiger partial charge in [0, 0.05) is 108 Å². The normalized spacial score (nSPS) is 21.9. The molecule has 106 heavy (non-hydrogen) atoms. The maximum atomic E-state index is 9.36. The zero-order valence-corrected chi connectivity index (χ0v) is 68.6. The van der Waals surface area contributed by atoms with E-state index in [-0.39, 0.29) is 23.7 Å². The van der Waals surface area contributed by atoms with Crippen molar-refractivity contribution in [3.05, 3.63) is 266 Å². The van der Waals surface area contributed by atoms with Crippen LogP contribution in [0, 0.1) is 96.1 Å². The topological polar surface area (TPSA) is 19.4 Å². The van der Waals surface area contributed by atoms with Gasteiger partial charge in [-0.1, -0.05) is 169 Å². The Morgan fingerprint density at radius 3 is 1.19 bits per heavy atom. The first-order valence-electron chi connectivity index (χ1n) is 46.5. The lowest BCUT2D eigenvalue weighted by atomic mass is 9.79. The number of hydrogen-bond donors (Lipinski definition) is 0. The third-order valence-corrected chi connectivity index (χ3v) is 23.0. The standard InChI is InChI=1S/C21H26N.C21H30N.2C20H28N.C19H22N/c1-13-6-7-15(14(2)12-13)20-19-16(10-11-22(20)5)17-8-9-18(19)21(17,3)4;1-14(2)21(15(3)4)18-9-10-19(17(6)12-18)20-11-8-16(5)13-22(20)7;2*1-14(2)20(15(3)4)17-10-11-18(16(5)13-17)19-9-7-8-12-21(19)6;1-12-4-7-16(13(2)10-12)19-18-15-6-5-14(11-15)17(18)8-9-20(19)3/h6-7,10-12,17-18H,8-9H2,1-5H3;8-15,21H,1-7H3;2*7-15,20H,1-6H3;4,7-10,14-15H,5-6,11H2,1-3H3/q5*+1/i1D3,17D,18D;5D3,21D;20D;;1D3,14D,15D. The molecule has 4 aliphatic carbocycles. The minimum Gasteiger partial charge on any atom is -0.201 e. The van der Waals surface area contributed by atoms with Gasteiger partial charge < -0.3 is 0 Å². The van der Waals surface area contributed by atoms with Crippen LogP contribution in [0.1, 0.15) is 274 Å². The van der Waals surface area contributed by atoms with E-state index >= 15 is 0 Å². The minimum absolute atomic E-state index is 0.211. The summed E-state index contributed by atoms with van der Waals surface area (Å²) in [6.45, 7) is 34.3. The highest BCUT2D eigenvalue weighted by Crippen LogP contribution is 2.65. The highest BCUT2D eigenvalue weighted by atomic mass is 14.9. The third kappa shape index (κ3) is 17.2. The number of pyridine rings is 5. The molecule has 0 N–H and O–H groups in total. The van der Waals surface area contributed by atoms with Crippen LogP contribution in [0.3, 0.4) is 0 Å². The van der Waals surface area contributed by atoms with Gasteiger partial charge >= 0.3 is 0 Å². The molecular formula is C101H134N5+5. The van der Waals surface area contributed by atoms with Crippen LogP contribution in [0.5, 0.6) is 0 Å². The van der Waals surface area contributed by atoms with Crippen molar-refractivity contribution in [3.63, 3.8) is 0 Å². The van der Waals surface area contributed by atoms with Crippen LogP contribution in [0.15, 0.2) is 183 Å². The summed E-state index contributed by atoms with van der Waals surface area (Å²) in [7, 11) is 9.97. The second kappa shape index (κ2) is 34.0. The SMILES string of the molecule is Cc1cc(C(C(C)C)C(C)C)ccc1-c1cccc[n+]1C.[2H]C([2H])([2H])c1ccc(-c2c3c(cc[n+]2C)C2([2H])CCC3([2H])C2(C)C)c(C)c1.[2H]C([2H])([2H])c1ccc(-c2c3c(cc[n+]2C)C2([2H])CCC3([2H])C2)c(C)c1.[2H]C([2H])([2H])c1ccc(-c2ccc(C([2H])(C(C)C)C(C)C)cc2C)[n+](C)c1.[2H]C(c1ccc(-c2cccc[n+]2C)c(C)c1)(C(C)C)C(C)C. The van der Waals surface area contributed by atoms with E-state index in [1.54, 1.807) is 36.5 Å². The molecule has 10 aromatic rings. The van der Waals surface area contributed by atoms with Gasteiger partial charge in [-0.25, -0.2) is 22.8 Å². The Kier molecular flexibility index (Phi) is 19.8. The molecule has 0 radical (unpaired) electrons. The molecule has 5 aromatic heterocycles. The third-order valence-electron chi connectivity index (χ3n) is 23.0. The number of nitrogens with zero attached hydrogens (tertiary/aromatic N) is 5. The molecule has 5 heteroatoms. The zero-order valence-electron chi connectivity index (χ0n) is 83.6. The summed E-state index contributed by atoms with van der Waals surface area (Å²) in [6.07, 6.45) is 13.2. The Bertz CT molecular complexity index is 5430. The lowest BCUT2D eigenvalue weighted by molar-refractivity contribution is -0.661. The van der Waals surface area contributed by atoms with E-state index in [9.17, 15) is 2.74 Å². The van der Waals surface area contributed by atoms with Crippen molar-refractivity contribution in [3.8, 4) is 56.3 Å². The molecule has 4 aliphatic rings. The summed E-state index contributed by atoms with van der Waals surface area (Å²) in [5.74, 6) is -1.13. The monoisotopic (exact) mass is 1430 g/mol. The molecule has 5 nitrogen and oxygen atoms in total. The van der Waals surface area contributed by atoms with Gasteiger partial charge in [0.15, 0.2) is 31.0 Å². The van der Waals surface area contributed by atoms with Gasteiger partial charge in [0.25, 0.3) is 0 Å². The molecule has 4 unspecified atom stereocenters. The summed E-state index contributed by atoms with van der Waals surface area (Å²) < 4.78 is 133. The van der Waals surface area contributed by atoms with Crippen molar-refractivity contribution in [2.24, 2.45) is 76.2 Å². The Balaban J connectivity index is 0.000000159. The zero-order chi connectivity index (χ0) is 90.1. The molecule has 558 valence electrons. The second-order valence-electron chi connectivity index (χ2n) is 33.1. The Hall–Kier alpha value is -8.15. The van der Waals surface area contributed by atoms with Crippen LogP contribution in [0.25, 0.3) is 56.3 Å². The molecule has 0 spiro atoms. The summed E-state index contributed by atoms with van der Waals surface area (Å²) in [5.41, 5.74) is 24.3. The van der Waals surface area contributed by atoms with E-state index < -0.39 is 61.3 Å². The molecule has 5 heterocycles. The van der Waals surface area contributed by atoms with Gasteiger partial charge in [-0.05, 0) is 274 Å². The van der Waals surface area contributed by atoms with Crippen molar-refractivity contribution < 1.29 is 43.4 Å². The molecule has 4 bridgehead atoms. The first kappa shape index (κ1) is 61.8. The maximum Gasteiger partial charge on any atom is 0.216 e. The van der Waals surface area contributed by atoms with Crippen LogP contribution in [-0.4, -0.2) is 0 Å². The van der Waals surface area contributed by atoms with Gasteiger partial charge in [0.2, 0.25) is 28.5 Å². The first-order chi connectivity index (χ1) is 56.0. The average molecular weight is 1430 g/mol. The molecule has 14 rings (SSSR count). The van der Waals surface area contributed by atoms with E-state index in [4.69, 9.17) is 17.8 Å². The van der Waals surface area contributed by atoms with Crippen molar-refractivity contribution in [1.29, 1.82) is 0 Å². The maximum absolute atomic E-state index is 9.36. The molecule has 0 amide bonds. The largest absolute Gasteiger partial charge is 0.216 e. The molecule has 4 atom stereocenters. The number of hydrogen-bond acceptors (Lipinski definition) is 0. The molecule has 0 aliphatic heterocycles.